The Morgan fingerprint density at radius 1 is 1.06 bits per heavy atom. The number of amides is 2. The van der Waals surface area contributed by atoms with Gasteiger partial charge in [-0.1, -0.05) is 38.1 Å². The monoisotopic (exact) mass is 480 g/mol. The Kier molecular flexibility index (Phi) is 4.93. The molecule has 6 rings (SSSR count). The van der Waals surface area contributed by atoms with E-state index in [1.54, 1.807) is 11.6 Å². The van der Waals surface area contributed by atoms with Gasteiger partial charge in [0.15, 0.2) is 0 Å². The van der Waals surface area contributed by atoms with Crippen LogP contribution in [0.15, 0.2) is 70.8 Å². The molecule has 2 aromatic heterocycles. The Morgan fingerprint density at radius 2 is 1.81 bits per heavy atom. The van der Waals surface area contributed by atoms with Crippen molar-refractivity contribution < 1.29 is 9.59 Å². The molecular weight excluding hydrogens is 452 g/mol. The van der Waals surface area contributed by atoms with Gasteiger partial charge in [0.25, 0.3) is 11.5 Å². The van der Waals surface area contributed by atoms with Gasteiger partial charge in [-0.15, -0.1) is 0 Å². The number of benzene rings is 2. The quantitative estimate of drug-likeness (QED) is 0.473. The molecule has 4 aromatic rings. The highest BCUT2D eigenvalue weighted by atomic mass is 16.2. The minimum atomic E-state index is -0.604. The Bertz CT molecular complexity index is 1690. The van der Waals surface area contributed by atoms with Crippen molar-refractivity contribution in [3.63, 3.8) is 0 Å². The maximum atomic E-state index is 13.8. The first-order valence-electron chi connectivity index (χ1n) is 12.3. The predicted octanol–water partition coefficient (Wildman–Crippen LogP) is 4.35. The summed E-state index contributed by atoms with van der Waals surface area (Å²) in [6.45, 7) is 6.71. The number of nitrogens with one attached hydrogen (secondary N) is 1. The zero-order valence-electron chi connectivity index (χ0n) is 20.8. The number of aryl methyl sites for hydroxylation is 1. The molecule has 0 saturated carbocycles. The van der Waals surface area contributed by atoms with E-state index in [2.05, 4.69) is 36.0 Å². The number of aromatic nitrogens is 2. The highest BCUT2D eigenvalue weighted by Gasteiger charge is 2.42. The molecule has 2 aliphatic heterocycles. The third-order valence-electron chi connectivity index (χ3n) is 7.35. The van der Waals surface area contributed by atoms with E-state index in [1.807, 2.05) is 42.5 Å². The summed E-state index contributed by atoms with van der Waals surface area (Å²) in [5.74, 6) is -0.845. The normalized spacial score (nSPS) is 17.2. The number of pyridine rings is 1. The van der Waals surface area contributed by atoms with E-state index in [4.69, 9.17) is 0 Å². The van der Waals surface area contributed by atoms with Crippen molar-refractivity contribution in [2.24, 2.45) is 13.0 Å². The van der Waals surface area contributed by atoms with Crippen LogP contribution in [0.25, 0.3) is 21.8 Å². The van der Waals surface area contributed by atoms with Gasteiger partial charge >= 0.3 is 0 Å². The Morgan fingerprint density at radius 3 is 2.56 bits per heavy atom. The van der Waals surface area contributed by atoms with E-state index in [-0.39, 0.29) is 23.9 Å². The molecule has 1 atom stereocenters. The fourth-order valence-corrected chi connectivity index (χ4v) is 5.80. The van der Waals surface area contributed by atoms with E-state index < -0.39 is 5.92 Å². The first-order chi connectivity index (χ1) is 17.3. The SMILES string of the molecule is CC(=O)N1CC2=C(C1=O)C(c1cc3ccccc3n(C)c1=O)c1cn(CC(C)C)c3cccc(c13)N2. The predicted molar refractivity (Wildman–Crippen MR) is 141 cm³/mol. The summed E-state index contributed by atoms with van der Waals surface area (Å²) >= 11 is 0. The highest BCUT2D eigenvalue weighted by molar-refractivity contribution is 6.11. The van der Waals surface area contributed by atoms with E-state index in [9.17, 15) is 14.4 Å². The van der Waals surface area contributed by atoms with Crippen molar-refractivity contribution in [2.45, 2.75) is 33.2 Å². The van der Waals surface area contributed by atoms with Gasteiger partial charge in [-0.05, 0) is 41.1 Å². The highest BCUT2D eigenvalue weighted by Crippen LogP contribution is 2.46. The number of fused-ring (bicyclic) bond motifs is 1. The lowest BCUT2D eigenvalue weighted by Crippen LogP contribution is -2.34. The van der Waals surface area contributed by atoms with Crippen LogP contribution < -0.4 is 10.9 Å². The van der Waals surface area contributed by atoms with Gasteiger partial charge in [-0.2, -0.15) is 0 Å². The number of para-hydroxylation sites is 1. The maximum Gasteiger partial charge on any atom is 0.259 e. The van der Waals surface area contributed by atoms with E-state index in [0.29, 0.717) is 22.8 Å². The fraction of sp³-hybridized carbons (Fsp3) is 0.276. The van der Waals surface area contributed by atoms with Crippen molar-refractivity contribution >= 4 is 39.3 Å². The number of rotatable bonds is 3. The molecule has 36 heavy (non-hydrogen) atoms. The van der Waals surface area contributed by atoms with Gasteiger partial charge in [-0.25, -0.2) is 0 Å². The molecule has 4 heterocycles. The average molecular weight is 481 g/mol. The lowest BCUT2D eigenvalue weighted by molar-refractivity contribution is -0.139. The molecule has 0 fully saturated rings. The van der Waals surface area contributed by atoms with Gasteiger partial charge in [-0.3, -0.25) is 19.3 Å². The van der Waals surface area contributed by atoms with E-state index in [1.165, 1.54) is 11.8 Å². The van der Waals surface area contributed by atoms with Crippen LogP contribution in [0.3, 0.4) is 0 Å². The Hall–Kier alpha value is -4.13. The standard InChI is InChI=1S/C29H28N4O3/c1-16(2)13-32-14-20-25(19-12-18-8-5-6-10-23(18)31(4)28(19)35)27-22(15-33(17(3)34)29(27)36)30-21-9-7-11-24(32)26(20)21/h5-12,14,16,25,30H,13,15H2,1-4H3. The molecule has 0 spiro atoms. The number of carbonyl (C=O) groups excluding carboxylic acids is 2. The summed E-state index contributed by atoms with van der Waals surface area (Å²) < 4.78 is 3.87. The zero-order valence-corrected chi connectivity index (χ0v) is 20.8. The molecule has 2 amide bonds. The van der Waals surface area contributed by atoms with Crippen molar-refractivity contribution in [1.82, 2.24) is 14.0 Å². The number of anilines is 1. The minimum Gasteiger partial charge on any atom is -0.356 e. The molecule has 0 aliphatic carbocycles. The fourth-order valence-electron chi connectivity index (χ4n) is 5.80. The number of nitrogens with zero attached hydrogens (tertiary/aromatic N) is 3. The molecular formula is C29H28N4O3. The summed E-state index contributed by atoms with van der Waals surface area (Å²) in [6.07, 6.45) is 2.09. The number of imide groups is 1. The van der Waals surface area contributed by atoms with E-state index >= 15 is 0 Å². The second-order valence-electron chi connectivity index (χ2n) is 10.2. The van der Waals surface area contributed by atoms with Gasteiger partial charge in [0.1, 0.15) is 0 Å². The van der Waals surface area contributed by atoms with Gasteiger partial charge in [0.2, 0.25) is 5.91 Å². The molecule has 0 saturated heterocycles. The Balaban J connectivity index is 1.70. The first kappa shape index (κ1) is 22.3. The molecule has 1 unspecified atom stereocenters. The lowest BCUT2D eigenvalue weighted by atomic mass is 9.84. The summed E-state index contributed by atoms with van der Waals surface area (Å²) in [5.41, 5.74) is 5.21. The molecule has 0 radical (unpaired) electrons. The van der Waals surface area contributed by atoms with Crippen molar-refractivity contribution in [2.75, 3.05) is 11.9 Å². The van der Waals surface area contributed by atoms with Gasteiger partial charge < -0.3 is 14.5 Å². The van der Waals surface area contributed by atoms with Crippen LogP contribution in [0.2, 0.25) is 0 Å². The van der Waals surface area contributed by atoms with Crippen LogP contribution >= 0.6 is 0 Å². The molecule has 2 aliphatic rings. The number of hydrogen-bond donors (Lipinski definition) is 1. The second kappa shape index (κ2) is 7.95. The smallest absolute Gasteiger partial charge is 0.259 e. The van der Waals surface area contributed by atoms with Crippen LogP contribution in [0.1, 0.15) is 37.8 Å². The summed E-state index contributed by atoms with van der Waals surface area (Å²) in [5, 5.41) is 5.42. The zero-order chi connectivity index (χ0) is 25.3. The lowest BCUT2D eigenvalue weighted by Gasteiger charge is -2.20. The molecule has 182 valence electrons. The minimum absolute atomic E-state index is 0.149. The third kappa shape index (κ3) is 3.15. The van der Waals surface area contributed by atoms with Crippen LogP contribution in [-0.4, -0.2) is 32.4 Å². The van der Waals surface area contributed by atoms with Crippen molar-refractivity contribution in [1.29, 1.82) is 0 Å². The maximum absolute atomic E-state index is 13.8. The Labute approximate surface area is 208 Å². The molecule has 7 nitrogen and oxygen atoms in total. The van der Waals surface area contributed by atoms with Crippen molar-refractivity contribution in [3.8, 4) is 0 Å². The second-order valence-corrected chi connectivity index (χ2v) is 10.2. The van der Waals surface area contributed by atoms with Crippen molar-refractivity contribution in [3.05, 3.63) is 87.5 Å². The molecule has 2 aromatic carbocycles. The summed E-state index contributed by atoms with van der Waals surface area (Å²) in [7, 11) is 1.77. The average Bonchev–Trinajstić information content (AvgIpc) is 3.31. The number of hydrogen-bond acceptors (Lipinski definition) is 4. The van der Waals surface area contributed by atoms with Crippen LogP contribution in [-0.2, 0) is 23.2 Å². The van der Waals surface area contributed by atoms with Gasteiger partial charge in [0.05, 0.1) is 23.2 Å². The van der Waals surface area contributed by atoms with Crippen LogP contribution in [0.4, 0.5) is 5.69 Å². The molecule has 7 heteroatoms. The van der Waals surface area contributed by atoms with Crippen LogP contribution in [0, 0.1) is 5.92 Å². The third-order valence-corrected chi connectivity index (χ3v) is 7.35. The topological polar surface area (TPSA) is 76.3 Å². The number of carbonyl (C=O) groups is 2. The summed E-state index contributed by atoms with van der Waals surface area (Å²) in [4.78, 5) is 41.2. The molecule has 1 N–H and O–H groups in total. The largest absolute Gasteiger partial charge is 0.356 e. The summed E-state index contributed by atoms with van der Waals surface area (Å²) in [6, 6.07) is 15.8. The van der Waals surface area contributed by atoms with Gasteiger partial charge in [0, 0.05) is 55.0 Å². The van der Waals surface area contributed by atoms with E-state index in [0.717, 1.165) is 39.6 Å². The molecule has 0 bridgehead atoms. The van der Waals surface area contributed by atoms with Crippen LogP contribution in [0.5, 0.6) is 0 Å². The first-order valence-corrected chi connectivity index (χ1v) is 12.3.